The number of aromatic nitrogens is 4. The largest absolute Gasteiger partial charge is 0.487 e. The molecule has 1 saturated carbocycles. The van der Waals surface area contributed by atoms with Gasteiger partial charge in [-0.05, 0) is 56.7 Å². The SMILES string of the molecule is C[C@@H](CNC=N)Oc1cc(-c2cnc(Nc3cn([C@H]4CC[C@H](N5CCOCC5)CC4)nc3OCCCC#N)nc2)ccc1Cl. The second-order valence-corrected chi connectivity index (χ2v) is 11.5. The summed E-state index contributed by atoms with van der Waals surface area (Å²) >= 11 is 6.37. The van der Waals surface area contributed by atoms with E-state index >= 15 is 0 Å². The molecule has 1 atom stereocenters. The minimum absolute atomic E-state index is 0.177. The zero-order valence-corrected chi connectivity index (χ0v) is 25.8. The predicted molar refractivity (Wildman–Crippen MR) is 169 cm³/mol. The second-order valence-electron chi connectivity index (χ2n) is 11.1. The zero-order chi connectivity index (χ0) is 30.7. The Hall–Kier alpha value is -3.92. The molecule has 0 unspecified atom stereocenters. The Labute approximate surface area is 263 Å². The number of unbranched alkanes of at least 4 members (excludes halogenated alkanes) is 1. The summed E-state index contributed by atoms with van der Waals surface area (Å²) in [4.78, 5) is 11.7. The third-order valence-corrected chi connectivity index (χ3v) is 8.28. The first-order chi connectivity index (χ1) is 21.5. The third-order valence-electron chi connectivity index (χ3n) is 7.97. The highest BCUT2D eigenvalue weighted by molar-refractivity contribution is 6.32. The Morgan fingerprint density at radius 1 is 1.16 bits per heavy atom. The summed E-state index contributed by atoms with van der Waals surface area (Å²) in [5.41, 5.74) is 2.37. The van der Waals surface area contributed by atoms with E-state index < -0.39 is 0 Å². The lowest BCUT2D eigenvalue weighted by Crippen LogP contribution is -2.45. The molecule has 2 aromatic heterocycles. The average molecular weight is 622 g/mol. The fourth-order valence-electron chi connectivity index (χ4n) is 5.62. The molecule has 1 aliphatic carbocycles. The zero-order valence-electron chi connectivity index (χ0n) is 25.0. The Morgan fingerprint density at radius 3 is 2.64 bits per heavy atom. The number of hydrogen-bond acceptors (Lipinski definition) is 10. The highest BCUT2D eigenvalue weighted by Gasteiger charge is 2.29. The van der Waals surface area contributed by atoms with Crippen LogP contribution in [0.25, 0.3) is 11.1 Å². The molecule has 12 nitrogen and oxygen atoms in total. The number of rotatable bonds is 14. The second kappa shape index (κ2) is 15.7. The molecular formula is C31H40ClN9O3. The number of morpholine rings is 1. The molecule has 0 amide bonds. The fraction of sp³-hybridized carbons (Fsp3) is 0.516. The minimum Gasteiger partial charge on any atom is -0.487 e. The first-order valence-corrected chi connectivity index (χ1v) is 15.6. The fourth-order valence-corrected chi connectivity index (χ4v) is 5.79. The van der Waals surface area contributed by atoms with E-state index in [1.807, 2.05) is 29.9 Å². The van der Waals surface area contributed by atoms with Crippen molar-refractivity contribution in [2.24, 2.45) is 0 Å². The summed E-state index contributed by atoms with van der Waals surface area (Å²) in [5, 5.41) is 27.5. The molecule has 3 aromatic rings. The van der Waals surface area contributed by atoms with Crippen LogP contribution in [0.1, 0.15) is 51.5 Å². The Morgan fingerprint density at radius 2 is 1.91 bits per heavy atom. The van der Waals surface area contributed by atoms with Gasteiger partial charge in [0, 0.05) is 43.5 Å². The van der Waals surface area contributed by atoms with Crippen molar-refractivity contribution in [2.75, 3.05) is 44.8 Å². The summed E-state index contributed by atoms with van der Waals surface area (Å²) in [6.45, 7) is 6.47. The van der Waals surface area contributed by atoms with Crippen molar-refractivity contribution in [1.82, 2.24) is 30.0 Å². The smallest absolute Gasteiger partial charge is 0.256 e. The lowest BCUT2D eigenvalue weighted by Gasteiger charge is -2.38. The van der Waals surface area contributed by atoms with Crippen LogP contribution in [0.5, 0.6) is 11.6 Å². The summed E-state index contributed by atoms with van der Waals surface area (Å²) in [7, 11) is 0. The first kappa shape index (κ1) is 31.5. The molecule has 1 aromatic carbocycles. The highest BCUT2D eigenvalue weighted by Crippen LogP contribution is 2.35. The van der Waals surface area contributed by atoms with Crippen LogP contribution in [0.3, 0.4) is 0 Å². The lowest BCUT2D eigenvalue weighted by molar-refractivity contribution is 0.00503. The van der Waals surface area contributed by atoms with Crippen molar-refractivity contribution in [3.8, 4) is 28.8 Å². The monoisotopic (exact) mass is 621 g/mol. The van der Waals surface area contributed by atoms with Crippen molar-refractivity contribution < 1.29 is 14.2 Å². The summed E-state index contributed by atoms with van der Waals surface area (Å²) in [6.07, 6.45) is 11.8. The standard InChI is InChI=1S/C31H40ClN9O3/c1-22(17-35-21-34)44-29-16-23(4-9-27(29)32)24-18-36-31(37-19-24)38-28-20-41(39-30(28)43-13-3-2-10-33)26-7-5-25(6-8-26)40-11-14-42-15-12-40/h4,9,16,18-22,25-26H,2-3,5-8,11-15,17H2,1H3,(H2,34,35)(H,36,37,38)/t22-,25-,26-/m0/s1. The number of halogens is 1. The van der Waals surface area contributed by atoms with Crippen molar-refractivity contribution in [3.63, 3.8) is 0 Å². The van der Waals surface area contributed by atoms with Gasteiger partial charge in [0.15, 0.2) is 0 Å². The Bertz CT molecular complexity index is 1400. The molecule has 0 spiro atoms. The molecule has 1 saturated heterocycles. The van der Waals surface area contributed by atoms with Crippen molar-refractivity contribution in [2.45, 2.75) is 63.6 Å². The Kier molecular flexibility index (Phi) is 11.2. The summed E-state index contributed by atoms with van der Waals surface area (Å²) in [5.74, 6) is 1.45. The average Bonchev–Trinajstić information content (AvgIpc) is 3.46. The molecule has 2 aliphatic rings. The lowest BCUT2D eigenvalue weighted by atomic mass is 9.90. The van der Waals surface area contributed by atoms with Crippen LogP contribution in [0, 0.1) is 16.7 Å². The van der Waals surface area contributed by atoms with Crippen LogP contribution in [0.2, 0.25) is 5.02 Å². The normalized spacial score (nSPS) is 19.5. The number of nitrogens with zero attached hydrogens (tertiary/aromatic N) is 6. The summed E-state index contributed by atoms with van der Waals surface area (Å²) in [6, 6.07) is 8.60. The van der Waals surface area contributed by atoms with Crippen molar-refractivity contribution >= 4 is 29.6 Å². The van der Waals surface area contributed by atoms with E-state index in [9.17, 15) is 0 Å². The van der Waals surface area contributed by atoms with Gasteiger partial charge in [0.1, 0.15) is 17.5 Å². The number of nitriles is 1. The van der Waals surface area contributed by atoms with E-state index in [4.69, 9.17) is 41.6 Å². The molecule has 44 heavy (non-hydrogen) atoms. The maximum atomic E-state index is 8.92. The molecule has 5 rings (SSSR count). The van der Waals surface area contributed by atoms with E-state index in [2.05, 4.69) is 31.6 Å². The van der Waals surface area contributed by atoms with Gasteiger partial charge in [-0.1, -0.05) is 17.7 Å². The van der Waals surface area contributed by atoms with Gasteiger partial charge in [0.25, 0.3) is 5.88 Å². The Balaban J connectivity index is 1.26. The third kappa shape index (κ3) is 8.37. The number of anilines is 2. The van der Waals surface area contributed by atoms with E-state index in [1.165, 1.54) is 0 Å². The highest BCUT2D eigenvalue weighted by atomic mass is 35.5. The van der Waals surface area contributed by atoms with Crippen LogP contribution in [-0.2, 0) is 4.74 Å². The predicted octanol–water partition coefficient (Wildman–Crippen LogP) is 5.20. The van der Waals surface area contributed by atoms with Gasteiger partial charge >= 0.3 is 0 Å². The van der Waals surface area contributed by atoms with E-state index in [0.29, 0.717) is 60.3 Å². The van der Waals surface area contributed by atoms with Crippen LogP contribution in [0.4, 0.5) is 11.6 Å². The molecule has 13 heteroatoms. The van der Waals surface area contributed by atoms with Gasteiger partial charge in [0.2, 0.25) is 5.95 Å². The van der Waals surface area contributed by atoms with Crippen LogP contribution in [-0.4, -0.2) is 82.6 Å². The maximum Gasteiger partial charge on any atom is 0.256 e. The quantitative estimate of drug-likeness (QED) is 0.125. The van der Waals surface area contributed by atoms with Gasteiger partial charge < -0.3 is 24.8 Å². The number of nitrogens with one attached hydrogen (secondary N) is 3. The molecule has 2 fully saturated rings. The van der Waals surface area contributed by atoms with Gasteiger partial charge in [0.05, 0.1) is 56.0 Å². The first-order valence-electron chi connectivity index (χ1n) is 15.2. The van der Waals surface area contributed by atoms with Gasteiger partial charge in [-0.2, -0.15) is 5.26 Å². The molecular weight excluding hydrogens is 582 g/mol. The maximum absolute atomic E-state index is 8.92. The van der Waals surface area contributed by atoms with Crippen LogP contribution >= 0.6 is 11.6 Å². The van der Waals surface area contributed by atoms with Gasteiger partial charge in [-0.25, -0.2) is 9.97 Å². The molecule has 3 N–H and O–H groups in total. The van der Waals surface area contributed by atoms with Gasteiger partial charge in [-0.3, -0.25) is 15.0 Å². The van der Waals surface area contributed by atoms with Crippen LogP contribution < -0.4 is 20.1 Å². The molecule has 3 heterocycles. The number of hydrogen-bond donors (Lipinski definition) is 3. The topological polar surface area (TPSA) is 146 Å². The van der Waals surface area contributed by atoms with E-state index in [-0.39, 0.29) is 12.1 Å². The molecule has 234 valence electrons. The van der Waals surface area contributed by atoms with Crippen LogP contribution in [0.15, 0.2) is 36.8 Å². The van der Waals surface area contributed by atoms with Crippen molar-refractivity contribution in [1.29, 1.82) is 10.7 Å². The number of benzene rings is 1. The van der Waals surface area contributed by atoms with Crippen molar-refractivity contribution in [3.05, 3.63) is 41.8 Å². The summed E-state index contributed by atoms with van der Waals surface area (Å²) < 4.78 is 19.5. The van der Waals surface area contributed by atoms with Gasteiger partial charge in [-0.15, -0.1) is 5.10 Å². The molecule has 0 bridgehead atoms. The molecule has 0 radical (unpaired) electrons. The molecule has 1 aliphatic heterocycles. The minimum atomic E-state index is -0.177. The van der Waals surface area contributed by atoms with E-state index in [1.54, 1.807) is 18.5 Å². The number of ether oxygens (including phenoxy) is 3. The van der Waals surface area contributed by atoms with E-state index in [0.717, 1.165) is 69.5 Å².